The molecule has 0 spiro atoms. The Hall–Kier alpha value is -1.58. The Bertz CT molecular complexity index is 289. The third-order valence-electron chi connectivity index (χ3n) is 0.945. The normalized spacial score (nSPS) is 10.4. The summed E-state index contributed by atoms with van der Waals surface area (Å²) in [5, 5.41) is 0. The monoisotopic (exact) mass is 137 g/mol. The maximum Gasteiger partial charge on any atom is 0.251 e. The number of H-pyrrole nitrogens is 1. The van der Waals surface area contributed by atoms with Crippen LogP contribution in [0.4, 0.5) is 0 Å². The van der Waals surface area contributed by atoms with Crippen molar-refractivity contribution in [2.75, 3.05) is 0 Å². The molecule has 0 atom stereocenters. The fraction of sp³-hybridized carbons (Fsp3) is 0. The quantitative estimate of drug-likeness (QED) is 0.558. The maximum absolute atomic E-state index is 10.6. The molecule has 0 fully saturated rings. The van der Waals surface area contributed by atoms with Gasteiger partial charge in [-0.25, -0.2) is 4.98 Å². The van der Waals surface area contributed by atoms with Gasteiger partial charge in [-0.15, -0.1) is 0 Å². The SMILES string of the molecule is NC=Cc1nccc(=O)[nH]1. The second kappa shape index (κ2) is 2.82. The first-order valence-corrected chi connectivity index (χ1v) is 2.76. The van der Waals surface area contributed by atoms with Gasteiger partial charge in [-0.2, -0.15) is 0 Å². The van der Waals surface area contributed by atoms with Crippen molar-refractivity contribution in [1.82, 2.24) is 9.97 Å². The zero-order chi connectivity index (χ0) is 7.40. The predicted molar refractivity (Wildman–Crippen MR) is 38.1 cm³/mol. The third-order valence-corrected chi connectivity index (χ3v) is 0.945. The van der Waals surface area contributed by atoms with Crippen LogP contribution in [0.25, 0.3) is 6.08 Å². The third kappa shape index (κ3) is 1.45. The molecule has 1 aromatic heterocycles. The van der Waals surface area contributed by atoms with Crippen molar-refractivity contribution < 1.29 is 0 Å². The minimum Gasteiger partial charge on any atom is -0.404 e. The molecular weight excluding hydrogens is 130 g/mol. The topological polar surface area (TPSA) is 71.8 Å². The Kier molecular flexibility index (Phi) is 1.84. The molecular formula is C6H7N3O. The molecule has 4 nitrogen and oxygen atoms in total. The number of aromatic nitrogens is 2. The van der Waals surface area contributed by atoms with Gasteiger partial charge in [-0.1, -0.05) is 0 Å². The summed E-state index contributed by atoms with van der Waals surface area (Å²) in [6.45, 7) is 0. The van der Waals surface area contributed by atoms with Crippen molar-refractivity contribution in [2.24, 2.45) is 5.73 Å². The lowest BCUT2D eigenvalue weighted by Gasteiger charge is -1.87. The van der Waals surface area contributed by atoms with Gasteiger partial charge < -0.3 is 10.7 Å². The second-order valence-corrected chi connectivity index (χ2v) is 1.68. The van der Waals surface area contributed by atoms with E-state index in [1.807, 2.05) is 0 Å². The predicted octanol–water partition coefficient (Wildman–Crippen LogP) is -0.301. The first-order valence-electron chi connectivity index (χ1n) is 2.76. The first kappa shape index (κ1) is 6.54. The van der Waals surface area contributed by atoms with Crippen LogP contribution in [-0.4, -0.2) is 9.97 Å². The van der Waals surface area contributed by atoms with Crippen LogP contribution in [0, 0.1) is 0 Å². The van der Waals surface area contributed by atoms with Crippen LogP contribution in [0.15, 0.2) is 23.3 Å². The van der Waals surface area contributed by atoms with Crippen LogP contribution in [-0.2, 0) is 0 Å². The van der Waals surface area contributed by atoms with Crippen LogP contribution >= 0.6 is 0 Å². The zero-order valence-electron chi connectivity index (χ0n) is 5.24. The molecule has 0 amide bonds. The first-order chi connectivity index (χ1) is 4.83. The summed E-state index contributed by atoms with van der Waals surface area (Å²) in [4.78, 5) is 16.9. The molecule has 52 valence electrons. The molecule has 0 saturated carbocycles. The fourth-order valence-corrected chi connectivity index (χ4v) is 0.561. The lowest BCUT2D eigenvalue weighted by Crippen LogP contribution is -2.05. The summed E-state index contributed by atoms with van der Waals surface area (Å²) in [6, 6.07) is 1.34. The van der Waals surface area contributed by atoms with Crippen molar-refractivity contribution in [3.63, 3.8) is 0 Å². The van der Waals surface area contributed by atoms with E-state index >= 15 is 0 Å². The largest absolute Gasteiger partial charge is 0.404 e. The molecule has 0 aliphatic heterocycles. The Morgan fingerprint density at radius 1 is 1.70 bits per heavy atom. The van der Waals surface area contributed by atoms with Gasteiger partial charge in [0.2, 0.25) is 0 Å². The van der Waals surface area contributed by atoms with Gasteiger partial charge in [0.1, 0.15) is 5.82 Å². The summed E-state index contributed by atoms with van der Waals surface area (Å²) in [6.07, 6.45) is 4.26. The molecule has 0 unspecified atom stereocenters. The highest BCUT2D eigenvalue weighted by molar-refractivity contribution is 5.37. The summed E-state index contributed by atoms with van der Waals surface area (Å²) in [7, 11) is 0. The van der Waals surface area contributed by atoms with E-state index in [0.717, 1.165) is 0 Å². The highest BCUT2D eigenvalue weighted by atomic mass is 16.1. The Labute approximate surface area is 57.4 Å². The highest BCUT2D eigenvalue weighted by Crippen LogP contribution is 1.83. The molecule has 0 bridgehead atoms. The molecule has 0 saturated heterocycles. The van der Waals surface area contributed by atoms with Gasteiger partial charge in [-0.3, -0.25) is 4.79 Å². The molecule has 3 N–H and O–H groups in total. The molecule has 1 rings (SSSR count). The van der Waals surface area contributed by atoms with E-state index in [1.165, 1.54) is 24.5 Å². The smallest absolute Gasteiger partial charge is 0.251 e. The molecule has 0 aromatic carbocycles. The van der Waals surface area contributed by atoms with E-state index in [9.17, 15) is 4.79 Å². The van der Waals surface area contributed by atoms with Gasteiger partial charge in [-0.05, 0) is 12.3 Å². The fourth-order valence-electron chi connectivity index (χ4n) is 0.561. The van der Waals surface area contributed by atoms with Gasteiger partial charge in [0.05, 0.1) is 0 Å². The van der Waals surface area contributed by atoms with Crippen LogP contribution in [0.3, 0.4) is 0 Å². The number of aromatic amines is 1. The number of hydrogen-bond acceptors (Lipinski definition) is 3. The van der Waals surface area contributed by atoms with E-state index in [2.05, 4.69) is 9.97 Å². The van der Waals surface area contributed by atoms with Gasteiger partial charge >= 0.3 is 0 Å². The van der Waals surface area contributed by atoms with Crippen LogP contribution in [0.2, 0.25) is 0 Å². The van der Waals surface area contributed by atoms with Crippen molar-refractivity contribution in [2.45, 2.75) is 0 Å². The van der Waals surface area contributed by atoms with Gasteiger partial charge in [0, 0.05) is 12.3 Å². The average Bonchev–Trinajstić information content (AvgIpc) is 1.88. The number of nitrogens with two attached hydrogens (primary N) is 1. The Morgan fingerprint density at radius 2 is 2.50 bits per heavy atom. The van der Waals surface area contributed by atoms with E-state index < -0.39 is 0 Å². The minimum atomic E-state index is -0.178. The summed E-state index contributed by atoms with van der Waals surface area (Å²) in [5.41, 5.74) is 4.89. The number of nitrogens with zero attached hydrogens (tertiary/aromatic N) is 1. The van der Waals surface area contributed by atoms with Gasteiger partial charge in [0.15, 0.2) is 0 Å². The average molecular weight is 137 g/mol. The molecule has 10 heavy (non-hydrogen) atoms. The van der Waals surface area contributed by atoms with Crippen LogP contribution < -0.4 is 11.3 Å². The molecule has 4 heteroatoms. The number of hydrogen-bond donors (Lipinski definition) is 2. The lowest BCUT2D eigenvalue weighted by molar-refractivity contribution is 1.09. The molecule has 1 heterocycles. The molecule has 0 aliphatic rings. The van der Waals surface area contributed by atoms with E-state index in [4.69, 9.17) is 5.73 Å². The number of nitrogens with one attached hydrogen (secondary N) is 1. The lowest BCUT2D eigenvalue weighted by atomic mass is 10.5. The van der Waals surface area contributed by atoms with Crippen LogP contribution in [0.5, 0.6) is 0 Å². The Balaban J connectivity index is 3.07. The zero-order valence-corrected chi connectivity index (χ0v) is 5.24. The van der Waals surface area contributed by atoms with Crippen LogP contribution in [0.1, 0.15) is 5.82 Å². The maximum atomic E-state index is 10.6. The molecule has 1 aromatic rings. The van der Waals surface area contributed by atoms with E-state index in [0.29, 0.717) is 5.82 Å². The van der Waals surface area contributed by atoms with Crippen molar-refractivity contribution in [3.8, 4) is 0 Å². The minimum absolute atomic E-state index is 0.178. The van der Waals surface area contributed by atoms with Gasteiger partial charge in [0.25, 0.3) is 5.56 Å². The molecule has 0 radical (unpaired) electrons. The van der Waals surface area contributed by atoms with Crippen molar-refractivity contribution in [1.29, 1.82) is 0 Å². The second-order valence-electron chi connectivity index (χ2n) is 1.68. The summed E-state index contributed by atoms with van der Waals surface area (Å²) < 4.78 is 0. The standard InChI is InChI=1S/C6H7N3O/c7-3-1-5-8-4-2-6(10)9-5/h1-4H,7H2,(H,8,9,10). The van der Waals surface area contributed by atoms with E-state index in [-0.39, 0.29) is 5.56 Å². The van der Waals surface area contributed by atoms with E-state index in [1.54, 1.807) is 0 Å². The highest BCUT2D eigenvalue weighted by Gasteiger charge is 1.85. The summed E-state index contributed by atoms with van der Waals surface area (Å²) >= 11 is 0. The Morgan fingerprint density at radius 3 is 3.10 bits per heavy atom. The summed E-state index contributed by atoms with van der Waals surface area (Å²) in [5.74, 6) is 0.468. The number of rotatable bonds is 1. The van der Waals surface area contributed by atoms with Crippen molar-refractivity contribution in [3.05, 3.63) is 34.6 Å². The molecule has 0 aliphatic carbocycles. The van der Waals surface area contributed by atoms with Crippen molar-refractivity contribution >= 4 is 6.08 Å².